The summed E-state index contributed by atoms with van der Waals surface area (Å²) in [5.74, 6) is 0. The molecule has 6 heteroatoms. The normalized spacial score (nSPS) is 9.95. The van der Waals surface area contributed by atoms with Gasteiger partial charge in [-0.2, -0.15) is 0 Å². The molecule has 4 nitrogen and oxygen atoms in total. The number of hydrogen-bond donors (Lipinski definition) is 2. The number of rotatable bonds is 3. The van der Waals surface area contributed by atoms with Gasteiger partial charge < -0.3 is 15.5 Å². The number of benzene rings is 2. The molecule has 0 aliphatic carbocycles. The summed E-state index contributed by atoms with van der Waals surface area (Å²) in [7, 11) is 3.34. The molecular formula is C16H16ClN3OS. The standard InChI is InChI=1S/C16H16ClN3OS/c1-20(2)16(21)19-14-9-8-11(17)10-13(14)15(22)18-12-6-4-3-5-7-12/h3-10H,1-2H3,(H,18,22)(H,19,21). The Balaban J connectivity index is 2.26. The van der Waals surface area contributed by atoms with E-state index in [-0.39, 0.29) is 6.03 Å². The van der Waals surface area contributed by atoms with E-state index in [1.807, 2.05) is 30.3 Å². The van der Waals surface area contributed by atoms with Crippen LogP contribution < -0.4 is 10.6 Å². The lowest BCUT2D eigenvalue weighted by Crippen LogP contribution is -2.28. The molecule has 2 amide bonds. The first-order valence-corrected chi connectivity index (χ1v) is 7.40. The fourth-order valence-corrected chi connectivity index (χ4v) is 2.22. The Morgan fingerprint density at radius 2 is 1.77 bits per heavy atom. The van der Waals surface area contributed by atoms with E-state index in [0.717, 1.165) is 5.69 Å². The van der Waals surface area contributed by atoms with Gasteiger partial charge in [0.25, 0.3) is 0 Å². The number of para-hydroxylation sites is 1. The quantitative estimate of drug-likeness (QED) is 0.826. The summed E-state index contributed by atoms with van der Waals surface area (Å²) in [6.45, 7) is 0. The van der Waals surface area contributed by atoms with Crippen molar-refractivity contribution in [1.82, 2.24) is 4.90 Å². The van der Waals surface area contributed by atoms with Gasteiger partial charge in [-0.05, 0) is 30.3 Å². The van der Waals surface area contributed by atoms with E-state index in [9.17, 15) is 4.79 Å². The minimum absolute atomic E-state index is 0.230. The number of amides is 2. The van der Waals surface area contributed by atoms with Crippen molar-refractivity contribution in [1.29, 1.82) is 0 Å². The monoisotopic (exact) mass is 333 g/mol. The van der Waals surface area contributed by atoms with Gasteiger partial charge >= 0.3 is 6.03 Å². The molecule has 22 heavy (non-hydrogen) atoms. The fourth-order valence-electron chi connectivity index (χ4n) is 1.76. The van der Waals surface area contributed by atoms with Gasteiger partial charge in [-0.3, -0.25) is 0 Å². The molecule has 0 fully saturated rings. The second kappa shape index (κ2) is 7.24. The van der Waals surface area contributed by atoms with E-state index in [2.05, 4.69) is 10.6 Å². The highest BCUT2D eigenvalue weighted by atomic mass is 35.5. The summed E-state index contributed by atoms with van der Waals surface area (Å²) >= 11 is 11.5. The van der Waals surface area contributed by atoms with Crippen LogP contribution >= 0.6 is 23.8 Å². The van der Waals surface area contributed by atoms with Crippen LogP contribution in [-0.4, -0.2) is 30.0 Å². The van der Waals surface area contributed by atoms with E-state index >= 15 is 0 Å². The van der Waals surface area contributed by atoms with E-state index in [1.54, 1.807) is 32.3 Å². The number of hydrogen-bond acceptors (Lipinski definition) is 2. The lowest BCUT2D eigenvalue weighted by Gasteiger charge is -2.16. The first-order valence-electron chi connectivity index (χ1n) is 6.61. The van der Waals surface area contributed by atoms with Crippen LogP contribution in [0.4, 0.5) is 16.2 Å². The van der Waals surface area contributed by atoms with Crippen LogP contribution in [0.5, 0.6) is 0 Å². The fraction of sp³-hybridized carbons (Fsp3) is 0.125. The molecule has 0 spiro atoms. The van der Waals surface area contributed by atoms with Crippen LogP contribution in [0, 0.1) is 0 Å². The van der Waals surface area contributed by atoms with Crippen molar-refractivity contribution < 1.29 is 4.79 Å². The van der Waals surface area contributed by atoms with E-state index in [1.165, 1.54) is 4.90 Å². The Kier molecular flexibility index (Phi) is 5.35. The third-order valence-electron chi connectivity index (χ3n) is 2.91. The zero-order valence-corrected chi connectivity index (χ0v) is 13.8. The lowest BCUT2D eigenvalue weighted by atomic mass is 10.1. The van der Waals surface area contributed by atoms with Crippen LogP contribution in [-0.2, 0) is 0 Å². The largest absolute Gasteiger partial charge is 0.346 e. The molecule has 114 valence electrons. The predicted molar refractivity (Wildman–Crippen MR) is 95.9 cm³/mol. The average molecular weight is 334 g/mol. The minimum Gasteiger partial charge on any atom is -0.346 e. The van der Waals surface area contributed by atoms with Crippen LogP contribution in [0.15, 0.2) is 48.5 Å². The highest BCUT2D eigenvalue weighted by Gasteiger charge is 2.12. The molecule has 0 unspecified atom stereocenters. The number of nitrogens with zero attached hydrogens (tertiary/aromatic N) is 1. The second-order valence-electron chi connectivity index (χ2n) is 4.83. The van der Waals surface area contributed by atoms with Crippen LogP contribution in [0.25, 0.3) is 0 Å². The van der Waals surface area contributed by atoms with Crippen molar-refractivity contribution >= 4 is 46.2 Å². The molecular weight excluding hydrogens is 318 g/mol. The molecule has 0 atom stereocenters. The third-order valence-corrected chi connectivity index (χ3v) is 3.46. The first kappa shape index (κ1) is 16.3. The molecule has 2 aromatic carbocycles. The van der Waals surface area contributed by atoms with Gasteiger partial charge in [0.2, 0.25) is 0 Å². The van der Waals surface area contributed by atoms with Crippen LogP contribution in [0.1, 0.15) is 5.56 Å². The van der Waals surface area contributed by atoms with E-state index < -0.39 is 0 Å². The smallest absolute Gasteiger partial charge is 0.321 e. The first-order chi connectivity index (χ1) is 10.5. The average Bonchev–Trinajstić information content (AvgIpc) is 2.49. The summed E-state index contributed by atoms with van der Waals surface area (Å²) in [6, 6.07) is 14.5. The van der Waals surface area contributed by atoms with Crippen molar-refractivity contribution in [3.05, 3.63) is 59.1 Å². The van der Waals surface area contributed by atoms with E-state index in [4.69, 9.17) is 23.8 Å². The van der Waals surface area contributed by atoms with Gasteiger partial charge in [-0.15, -0.1) is 0 Å². The molecule has 0 aliphatic heterocycles. The molecule has 0 saturated heterocycles. The maximum Gasteiger partial charge on any atom is 0.321 e. The molecule has 2 aromatic rings. The summed E-state index contributed by atoms with van der Waals surface area (Å²) in [5, 5.41) is 6.49. The van der Waals surface area contributed by atoms with Crippen LogP contribution in [0.2, 0.25) is 5.02 Å². The number of halogens is 1. The van der Waals surface area contributed by atoms with Crippen molar-refractivity contribution in [2.24, 2.45) is 0 Å². The highest BCUT2D eigenvalue weighted by molar-refractivity contribution is 7.81. The maximum absolute atomic E-state index is 11.8. The number of nitrogens with one attached hydrogen (secondary N) is 2. The molecule has 0 saturated carbocycles. The Bertz CT molecular complexity index is 689. The zero-order chi connectivity index (χ0) is 16.1. The Labute approximate surface area is 140 Å². The number of thiocarbonyl (C=S) groups is 1. The molecule has 0 aliphatic rings. The summed E-state index contributed by atoms with van der Waals surface area (Å²) in [6.07, 6.45) is 0. The van der Waals surface area contributed by atoms with Crippen molar-refractivity contribution in [3.8, 4) is 0 Å². The Morgan fingerprint density at radius 3 is 2.41 bits per heavy atom. The van der Waals surface area contributed by atoms with Crippen LogP contribution in [0.3, 0.4) is 0 Å². The number of anilines is 2. The minimum atomic E-state index is -0.230. The molecule has 0 bridgehead atoms. The second-order valence-corrected chi connectivity index (χ2v) is 5.68. The van der Waals surface area contributed by atoms with Gasteiger partial charge in [-0.1, -0.05) is 42.0 Å². The topological polar surface area (TPSA) is 44.4 Å². The Hall–Kier alpha value is -2.11. The highest BCUT2D eigenvalue weighted by Crippen LogP contribution is 2.23. The van der Waals surface area contributed by atoms with Gasteiger partial charge in [0, 0.05) is 30.4 Å². The molecule has 0 heterocycles. The molecule has 2 N–H and O–H groups in total. The lowest BCUT2D eigenvalue weighted by molar-refractivity contribution is 0.230. The van der Waals surface area contributed by atoms with E-state index in [0.29, 0.717) is 21.3 Å². The zero-order valence-electron chi connectivity index (χ0n) is 12.3. The SMILES string of the molecule is CN(C)C(=O)Nc1ccc(Cl)cc1C(=S)Nc1ccccc1. The summed E-state index contributed by atoms with van der Waals surface area (Å²) < 4.78 is 0. The Morgan fingerprint density at radius 1 is 1.09 bits per heavy atom. The predicted octanol–water partition coefficient (Wildman–Crippen LogP) is 4.22. The number of urea groups is 1. The van der Waals surface area contributed by atoms with Crippen molar-refractivity contribution in [2.45, 2.75) is 0 Å². The third kappa shape index (κ3) is 4.19. The van der Waals surface area contributed by atoms with Gasteiger partial charge in [0.15, 0.2) is 0 Å². The number of carbonyl (C=O) groups is 1. The van der Waals surface area contributed by atoms with Gasteiger partial charge in [0.1, 0.15) is 4.99 Å². The molecule has 2 rings (SSSR count). The molecule has 0 aromatic heterocycles. The van der Waals surface area contributed by atoms with Crippen molar-refractivity contribution in [2.75, 3.05) is 24.7 Å². The van der Waals surface area contributed by atoms with Crippen molar-refractivity contribution in [3.63, 3.8) is 0 Å². The van der Waals surface area contributed by atoms with Gasteiger partial charge in [-0.25, -0.2) is 4.79 Å². The summed E-state index contributed by atoms with van der Waals surface area (Å²) in [4.78, 5) is 13.8. The maximum atomic E-state index is 11.8. The molecule has 0 radical (unpaired) electrons. The number of carbonyl (C=O) groups excluding carboxylic acids is 1. The summed E-state index contributed by atoms with van der Waals surface area (Å²) in [5.41, 5.74) is 2.15. The van der Waals surface area contributed by atoms with Gasteiger partial charge in [0.05, 0.1) is 5.69 Å².